The van der Waals surface area contributed by atoms with E-state index in [2.05, 4.69) is 19.9 Å². The topological polar surface area (TPSA) is 71.5 Å². The van der Waals surface area contributed by atoms with Crippen LogP contribution in [0, 0.1) is 0 Å². The average molecular weight is 264 g/mol. The lowest BCUT2D eigenvalue weighted by atomic mass is 10.1. The van der Waals surface area contributed by atoms with Gasteiger partial charge in [0.2, 0.25) is 0 Å². The normalized spacial score (nSPS) is 11.2. The molecule has 5 heteroatoms. The van der Waals surface area contributed by atoms with Crippen molar-refractivity contribution in [2.45, 2.75) is 6.92 Å². The van der Waals surface area contributed by atoms with Crippen molar-refractivity contribution in [2.24, 2.45) is 0 Å². The molecule has 0 spiro atoms. The lowest BCUT2D eigenvalue weighted by Crippen LogP contribution is -1.85. The third-order valence-corrected chi connectivity index (χ3v) is 2.95. The zero-order valence-corrected chi connectivity index (χ0v) is 10.9. The molecule has 0 unspecified atom stereocenters. The quantitative estimate of drug-likeness (QED) is 0.738. The number of aromatic nitrogens is 4. The molecule has 3 aromatic heterocycles. The number of aromatic amines is 1. The van der Waals surface area contributed by atoms with Crippen LogP contribution in [-0.2, 0) is 4.79 Å². The van der Waals surface area contributed by atoms with Crippen LogP contribution in [0.25, 0.3) is 28.2 Å². The maximum atomic E-state index is 11.0. The number of nitrogens with one attached hydrogen (secondary N) is 1. The highest BCUT2D eigenvalue weighted by molar-refractivity contribution is 5.96. The van der Waals surface area contributed by atoms with E-state index in [1.165, 1.54) is 13.3 Å². The van der Waals surface area contributed by atoms with Crippen molar-refractivity contribution in [2.75, 3.05) is 0 Å². The van der Waals surface area contributed by atoms with Crippen molar-refractivity contribution in [3.8, 4) is 11.1 Å². The Labute approximate surface area is 115 Å². The molecule has 0 saturated heterocycles. The van der Waals surface area contributed by atoms with E-state index in [0.29, 0.717) is 0 Å². The molecule has 0 amide bonds. The van der Waals surface area contributed by atoms with Crippen LogP contribution in [0.2, 0.25) is 0 Å². The standard InChI is InChI=1S/C15H12N4O/c1-10(20)2-3-11-7-18-15-14(11)4-12(8-19-15)13-5-16-9-17-6-13/h2-9H,1H3,(H,18,19)/b3-2+. The summed E-state index contributed by atoms with van der Waals surface area (Å²) in [5.41, 5.74) is 3.56. The van der Waals surface area contributed by atoms with Gasteiger partial charge in [0.15, 0.2) is 5.78 Å². The van der Waals surface area contributed by atoms with Gasteiger partial charge in [0.1, 0.15) is 12.0 Å². The summed E-state index contributed by atoms with van der Waals surface area (Å²) in [5, 5.41) is 0.962. The average Bonchev–Trinajstić information content (AvgIpc) is 2.88. The summed E-state index contributed by atoms with van der Waals surface area (Å²) in [4.78, 5) is 26.5. The van der Waals surface area contributed by atoms with Crippen LogP contribution >= 0.6 is 0 Å². The molecule has 3 heterocycles. The van der Waals surface area contributed by atoms with Crippen molar-refractivity contribution in [1.29, 1.82) is 0 Å². The smallest absolute Gasteiger partial charge is 0.152 e. The monoisotopic (exact) mass is 264 g/mol. The highest BCUT2D eigenvalue weighted by atomic mass is 16.1. The fourth-order valence-electron chi connectivity index (χ4n) is 1.97. The molecule has 0 saturated carbocycles. The van der Waals surface area contributed by atoms with Gasteiger partial charge in [-0.15, -0.1) is 0 Å². The lowest BCUT2D eigenvalue weighted by Gasteiger charge is -2.00. The predicted molar refractivity (Wildman–Crippen MR) is 76.8 cm³/mol. The SMILES string of the molecule is CC(=O)/C=C/c1c[nH]c2ncc(-c3cncnc3)cc12. The number of carbonyl (C=O) groups is 1. The van der Waals surface area contributed by atoms with E-state index in [1.807, 2.05) is 12.3 Å². The summed E-state index contributed by atoms with van der Waals surface area (Å²) >= 11 is 0. The maximum absolute atomic E-state index is 11.0. The summed E-state index contributed by atoms with van der Waals surface area (Å²) in [7, 11) is 0. The Morgan fingerprint density at radius 3 is 2.75 bits per heavy atom. The minimum absolute atomic E-state index is 0.0138. The molecule has 98 valence electrons. The molecule has 0 aliphatic rings. The molecule has 0 bridgehead atoms. The molecule has 5 nitrogen and oxygen atoms in total. The van der Waals surface area contributed by atoms with E-state index >= 15 is 0 Å². The number of pyridine rings is 1. The third-order valence-electron chi connectivity index (χ3n) is 2.95. The van der Waals surface area contributed by atoms with E-state index in [-0.39, 0.29) is 5.78 Å². The maximum Gasteiger partial charge on any atom is 0.152 e. The lowest BCUT2D eigenvalue weighted by molar-refractivity contribution is -0.112. The number of ketones is 1. The van der Waals surface area contributed by atoms with Gasteiger partial charge in [-0.2, -0.15) is 0 Å². The molecule has 0 radical (unpaired) electrons. The summed E-state index contributed by atoms with van der Waals surface area (Å²) in [6.07, 6.45) is 11.9. The summed E-state index contributed by atoms with van der Waals surface area (Å²) < 4.78 is 0. The molecular weight excluding hydrogens is 252 g/mol. The number of rotatable bonds is 3. The highest BCUT2D eigenvalue weighted by Crippen LogP contribution is 2.24. The first-order valence-electron chi connectivity index (χ1n) is 6.15. The van der Waals surface area contributed by atoms with Crippen LogP contribution in [0.1, 0.15) is 12.5 Å². The second-order valence-corrected chi connectivity index (χ2v) is 4.44. The summed E-state index contributed by atoms with van der Waals surface area (Å²) in [5.74, 6) is 0.0138. The fourth-order valence-corrected chi connectivity index (χ4v) is 1.97. The molecule has 0 aromatic carbocycles. The van der Waals surface area contributed by atoms with Gasteiger partial charge in [-0.1, -0.05) is 0 Å². The van der Waals surface area contributed by atoms with Crippen molar-refractivity contribution < 1.29 is 4.79 Å². The van der Waals surface area contributed by atoms with Crippen LogP contribution in [0.4, 0.5) is 0 Å². The van der Waals surface area contributed by atoms with E-state index < -0.39 is 0 Å². The Balaban J connectivity index is 2.10. The Morgan fingerprint density at radius 2 is 2.00 bits per heavy atom. The molecular formula is C15H12N4O. The van der Waals surface area contributed by atoms with E-state index in [4.69, 9.17) is 0 Å². The Hall–Kier alpha value is -2.82. The number of hydrogen-bond donors (Lipinski definition) is 1. The zero-order valence-electron chi connectivity index (χ0n) is 10.9. The van der Waals surface area contributed by atoms with Gasteiger partial charge < -0.3 is 4.98 Å². The Morgan fingerprint density at radius 1 is 1.20 bits per heavy atom. The second kappa shape index (κ2) is 5.05. The van der Waals surface area contributed by atoms with Crippen molar-refractivity contribution in [1.82, 2.24) is 19.9 Å². The van der Waals surface area contributed by atoms with Gasteiger partial charge in [-0.25, -0.2) is 15.0 Å². The first kappa shape index (κ1) is 12.2. The number of fused-ring (bicyclic) bond motifs is 1. The number of hydrogen-bond acceptors (Lipinski definition) is 4. The Bertz CT molecular complexity index is 790. The zero-order chi connectivity index (χ0) is 13.9. The molecule has 1 N–H and O–H groups in total. The van der Waals surface area contributed by atoms with E-state index in [9.17, 15) is 4.79 Å². The highest BCUT2D eigenvalue weighted by Gasteiger charge is 2.05. The first-order chi connectivity index (χ1) is 9.74. The van der Waals surface area contributed by atoms with Crippen molar-refractivity contribution in [3.05, 3.63) is 48.8 Å². The number of carbonyl (C=O) groups excluding carboxylic acids is 1. The first-order valence-corrected chi connectivity index (χ1v) is 6.15. The Kier molecular flexibility index (Phi) is 3.09. The molecule has 3 aromatic rings. The minimum Gasteiger partial charge on any atom is -0.346 e. The minimum atomic E-state index is 0.0138. The van der Waals surface area contributed by atoms with Crippen LogP contribution in [0.5, 0.6) is 0 Å². The molecule has 0 fully saturated rings. The van der Waals surface area contributed by atoms with Crippen LogP contribution in [0.15, 0.2) is 43.3 Å². The van der Waals surface area contributed by atoms with Crippen LogP contribution < -0.4 is 0 Å². The molecule has 0 aliphatic heterocycles. The number of H-pyrrole nitrogens is 1. The van der Waals surface area contributed by atoms with Gasteiger partial charge in [0, 0.05) is 46.9 Å². The van der Waals surface area contributed by atoms with Gasteiger partial charge in [-0.05, 0) is 25.1 Å². The molecule has 20 heavy (non-hydrogen) atoms. The largest absolute Gasteiger partial charge is 0.346 e. The van der Waals surface area contributed by atoms with Gasteiger partial charge >= 0.3 is 0 Å². The number of allylic oxidation sites excluding steroid dienone is 1. The molecule has 0 atom stereocenters. The van der Waals surface area contributed by atoms with E-state index in [1.54, 1.807) is 30.7 Å². The predicted octanol–water partition coefficient (Wildman–Crippen LogP) is 2.62. The van der Waals surface area contributed by atoms with Gasteiger partial charge in [-0.3, -0.25) is 4.79 Å². The molecule has 0 aliphatic carbocycles. The van der Waals surface area contributed by atoms with Crippen molar-refractivity contribution >= 4 is 22.9 Å². The van der Waals surface area contributed by atoms with Crippen molar-refractivity contribution in [3.63, 3.8) is 0 Å². The third kappa shape index (κ3) is 2.33. The fraction of sp³-hybridized carbons (Fsp3) is 0.0667. The summed E-state index contributed by atoms with van der Waals surface area (Å²) in [6.45, 7) is 1.52. The number of nitrogens with zero attached hydrogens (tertiary/aromatic N) is 3. The summed E-state index contributed by atoms with van der Waals surface area (Å²) in [6, 6.07) is 2.01. The van der Waals surface area contributed by atoms with Crippen LogP contribution in [0.3, 0.4) is 0 Å². The molecule has 3 rings (SSSR count). The second-order valence-electron chi connectivity index (χ2n) is 4.44. The van der Waals surface area contributed by atoms with Gasteiger partial charge in [0.25, 0.3) is 0 Å². The van der Waals surface area contributed by atoms with E-state index in [0.717, 1.165) is 27.7 Å². The van der Waals surface area contributed by atoms with Gasteiger partial charge in [0.05, 0.1) is 0 Å². The van der Waals surface area contributed by atoms with Crippen LogP contribution in [-0.4, -0.2) is 25.7 Å².